The van der Waals surface area contributed by atoms with Gasteiger partial charge in [-0.05, 0) is 11.8 Å². The van der Waals surface area contributed by atoms with Gasteiger partial charge in [0.2, 0.25) is 5.91 Å². The highest BCUT2D eigenvalue weighted by Gasteiger charge is 2.48. The van der Waals surface area contributed by atoms with E-state index in [4.69, 9.17) is 4.74 Å². The van der Waals surface area contributed by atoms with Gasteiger partial charge in [-0.3, -0.25) is 10.2 Å². The largest absolute Gasteiger partial charge is 0.493 e. The van der Waals surface area contributed by atoms with Crippen molar-refractivity contribution in [2.45, 2.75) is 64.1 Å². The van der Waals surface area contributed by atoms with Crippen LogP contribution in [-0.4, -0.2) is 30.2 Å². The molecule has 0 spiro atoms. The first-order valence-corrected chi connectivity index (χ1v) is 10.7. The predicted octanol–water partition coefficient (Wildman–Crippen LogP) is 5.92. The van der Waals surface area contributed by atoms with E-state index in [-0.39, 0.29) is 24.3 Å². The molecule has 0 radical (unpaired) electrons. The van der Waals surface area contributed by atoms with E-state index in [2.05, 4.69) is 12.3 Å². The molecule has 164 valence electrons. The highest BCUT2D eigenvalue weighted by atomic mass is 19.4. The molecule has 1 N–H and O–H groups in total. The zero-order valence-corrected chi connectivity index (χ0v) is 17.3. The molecule has 1 fully saturated rings. The number of ether oxygens (including phenoxy) is 1. The van der Waals surface area contributed by atoms with Crippen LogP contribution in [0.4, 0.5) is 13.2 Å². The molecule has 0 aliphatic carbocycles. The SMILES string of the molecule is CCCCCCCCOc1c(C(N2CCC(=O)N2)C(F)(F)F)ccc2ccccc12. The lowest BCUT2D eigenvalue weighted by Gasteiger charge is -2.31. The monoisotopic (exact) mass is 422 g/mol. The van der Waals surface area contributed by atoms with Crippen LogP contribution in [-0.2, 0) is 4.79 Å². The van der Waals surface area contributed by atoms with Crippen molar-refractivity contribution in [1.82, 2.24) is 10.4 Å². The van der Waals surface area contributed by atoms with Crippen LogP contribution >= 0.6 is 0 Å². The zero-order chi connectivity index (χ0) is 21.6. The lowest BCUT2D eigenvalue weighted by Crippen LogP contribution is -2.43. The minimum atomic E-state index is -4.56. The second kappa shape index (κ2) is 10.2. The minimum Gasteiger partial charge on any atom is -0.493 e. The van der Waals surface area contributed by atoms with Crippen LogP contribution in [0.3, 0.4) is 0 Å². The third-order valence-corrected chi connectivity index (χ3v) is 5.42. The van der Waals surface area contributed by atoms with Gasteiger partial charge in [-0.15, -0.1) is 0 Å². The van der Waals surface area contributed by atoms with Crippen molar-refractivity contribution in [2.75, 3.05) is 13.2 Å². The lowest BCUT2D eigenvalue weighted by molar-refractivity contribution is -0.191. The molecule has 4 nitrogen and oxygen atoms in total. The van der Waals surface area contributed by atoms with E-state index in [1.165, 1.54) is 25.3 Å². The van der Waals surface area contributed by atoms with E-state index < -0.39 is 18.1 Å². The number of hydrazine groups is 1. The number of nitrogens with zero attached hydrogens (tertiary/aromatic N) is 1. The summed E-state index contributed by atoms with van der Waals surface area (Å²) in [5.74, 6) is -0.148. The molecule has 1 saturated heterocycles. The van der Waals surface area contributed by atoms with Crippen molar-refractivity contribution in [3.8, 4) is 5.75 Å². The molecule has 1 atom stereocenters. The predicted molar refractivity (Wildman–Crippen MR) is 111 cm³/mol. The summed E-state index contributed by atoms with van der Waals surface area (Å²) in [6, 6.07) is 8.49. The Labute approximate surface area is 175 Å². The van der Waals surface area contributed by atoms with Gasteiger partial charge >= 0.3 is 6.18 Å². The molecule has 1 heterocycles. The Kier molecular flexibility index (Phi) is 7.58. The standard InChI is InChI=1S/C23H29F3N2O2/c1-2-3-4-5-6-9-16-30-21-18-11-8-7-10-17(18)12-13-19(21)22(23(24,25)26)28-15-14-20(29)27-28/h7-8,10-13,22H,2-6,9,14-16H2,1H3,(H,27,29). The summed E-state index contributed by atoms with van der Waals surface area (Å²) >= 11 is 0. The molecule has 0 saturated carbocycles. The van der Waals surface area contributed by atoms with Crippen LogP contribution in [0.25, 0.3) is 10.8 Å². The van der Waals surface area contributed by atoms with E-state index in [0.717, 1.165) is 29.7 Å². The average molecular weight is 422 g/mol. The number of carbonyl (C=O) groups excluding carboxylic acids is 1. The number of fused-ring (bicyclic) bond motifs is 1. The number of hydrogen-bond acceptors (Lipinski definition) is 3. The van der Waals surface area contributed by atoms with Crippen LogP contribution in [0.1, 0.15) is 63.5 Å². The van der Waals surface area contributed by atoms with Gasteiger partial charge in [0, 0.05) is 23.9 Å². The van der Waals surface area contributed by atoms with E-state index in [1.807, 2.05) is 12.1 Å². The maximum Gasteiger partial charge on any atom is 0.410 e. The molecule has 1 aliphatic rings. The zero-order valence-electron chi connectivity index (χ0n) is 17.3. The first kappa shape index (κ1) is 22.4. The van der Waals surface area contributed by atoms with Gasteiger partial charge in [-0.25, -0.2) is 5.01 Å². The Bertz CT molecular complexity index is 854. The topological polar surface area (TPSA) is 41.6 Å². The second-order valence-electron chi connectivity index (χ2n) is 7.74. The van der Waals surface area contributed by atoms with E-state index in [0.29, 0.717) is 12.0 Å². The number of rotatable bonds is 10. The quantitative estimate of drug-likeness (QED) is 0.483. The third kappa shape index (κ3) is 5.45. The fraction of sp³-hybridized carbons (Fsp3) is 0.522. The summed E-state index contributed by atoms with van der Waals surface area (Å²) < 4.78 is 48.2. The number of unbranched alkanes of at least 4 members (excludes halogenated alkanes) is 5. The first-order valence-electron chi connectivity index (χ1n) is 10.7. The van der Waals surface area contributed by atoms with Crippen molar-refractivity contribution in [3.63, 3.8) is 0 Å². The molecule has 1 aliphatic heterocycles. The average Bonchev–Trinajstić information content (AvgIpc) is 3.12. The lowest BCUT2D eigenvalue weighted by atomic mass is 9.99. The van der Waals surface area contributed by atoms with Crippen LogP contribution < -0.4 is 10.2 Å². The van der Waals surface area contributed by atoms with E-state index in [9.17, 15) is 18.0 Å². The number of benzene rings is 2. The van der Waals surface area contributed by atoms with Gasteiger partial charge < -0.3 is 4.74 Å². The summed E-state index contributed by atoms with van der Waals surface area (Å²) in [5.41, 5.74) is 2.39. The molecule has 30 heavy (non-hydrogen) atoms. The van der Waals surface area contributed by atoms with Crippen LogP contribution in [0.5, 0.6) is 5.75 Å². The second-order valence-corrected chi connectivity index (χ2v) is 7.74. The first-order chi connectivity index (χ1) is 14.4. The molecule has 3 rings (SSSR count). The third-order valence-electron chi connectivity index (χ3n) is 5.42. The van der Waals surface area contributed by atoms with Gasteiger partial charge in [-0.1, -0.05) is 75.4 Å². The number of amides is 1. The summed E-state index contributed by atoms with van der Waals surface area (Å²) in [7, 11) is 0. The summed E-state index contributed by atoms with van der Waals surface area (Å²) in [4.78, 5) is 11.6. The minimum absolute atomic E-state index is 0.00665. The van der Waals surface area contributed by atoms with Crippen molar-refractivity contribution in [3.05, 3.63) is 42.0 Å². The van der Waals surface area contributed by atoms with Gasteiger partial charge in [0.15, 0.2) is 6.04 Å². The van der Waals surface area contributed by atoms with Crippen LogP contribution in [0, 0.1) is 0 Å². The Morgan fingerprint density at radius 3 is 2.50 bits per heavy atom. The Balaban J connectivity index is 1.87. The van der Waals surface area contributed by atoms with E-state index in [1.54, 1.807) is 18.2 Å². The molecule has 1 unspecified atom stereocenters. The Morgan fingerprint density at radius 1 is 1.07 bits per heavy atom. The normalized spacial score (nSPS) is 16.1. The van der Waals surface area contributed by atoms with Crippen molar-refractivity contribution < 1.29 is 22.7 Å². The molecule has 0 aromatic heterocycles. The number of nitrogens with one attached hydrogen (secondary N) is 1. The fourth-order valence-corrected chi connectivity index (χ4v) is 3.90. The highest BCUT2D eigenvalue weighted by molar-refractivity contribution is 5.90. The molecule has 0 bridgehead atoms. The van der Waals surface area contributed by atoms with Crippen molar-refractivity contribution in [2.24, 2.45) is 0 Å². The highest BCUT2D eigenvalue weighted by Crippen LogP contribution is 2.44. The molecule has 1 amide bonds. The van der Waals surface area contributed by atoms with Crippen LogP contribution in [0.15, 0.2) is 36.4 Å². The smallest absolute Gasteiger partial charge is 0.410 e. The van der Waals surface area contributed by atoms with Crippen molar-refractivity contribution >= 4 is 16.7 Å². The fourth-order valence-electron chi connectivity index (χ4n) is 3.90. The number of carbonyl (C=O) groups is 1. The van der Waals surface area contributed by atoms with Gasteiger partial charge in [-0.2, -0.15) is 13.2 Å². The van der Waals surface area contributed by atoms with Gasteiger partial charge in [0.1, 0.15) is 5.75 Å². The molecule has 2 aromatic rings. The Morgan fingerprint density at radius 2 is 1.80 bits per heavy atom. The summed E-state index contributed by atoms with van der Waals surface area (Å²) in [6.45, 7) is 2.53. The van der Waals surface area contributed by atoms with Crippen LogP contribution in [0.2, 0.25) is 0 Å². The van der Waals surface area contributed by atoms with Gasteiger partial charge in [0.05, 0.1) is 6.61 Å². The van der Waals surface area contributed by atoms with Gasteiger partial charge in [0.25, 0.3) is 0 Å². The molecule has 2 aromatic carbocycles. The molecular weight excluding hydrogens is 393 g/mol. The summed E-state index contributed by atoms with van der Waals surface area (Å²) in [5, 5.41) is 2.45. The summed E-state index contributed by atoms with van der Waals surface area (Å²) in [6.07, 6.45) is 1.91. The maximum atomic E-state index is 14.1. The van der Waals surface area contributed by atoms with Crippen molar-refractivity contribution in [1.29, 1.82) is 0 Å². The number of halogens is 3. The Hall–Kier alpha value is -2.28. The maximum absolute atomic E-state index is 14.1. The number of alkyl halides is 3. The van der Waals surface area contributed by atoms with E-state index >= 15 is 0 Å². The molecule has 7 heteroatoms. The number of hydrogen-bond donors (Lipinski definition) is 1. The molecular formula is C23H29F3N2O2.